The Morgan fingerprint density at radius 1 is 1.53 bits per heavy atom. The van der Waals surface area contributed by atoms with Gasteiger partial charge >= 0.3 is 0 Å². The number of hydrogen-bond acceptors (Lipinski definition) is 3. The summed E-state index contributed by atoms with van der Waals surface area (Å²) >= 11 is 0. The molecular weight excluding hydrogens is 216 g/mol. The molecule has 0 radical (unpaired) electrons. The largest absolute Gasteiger partial charge is 0.382 e. The number of carbonyl (C=O) groups excluding carboxylic acids is 1. The highest BCUT2D eigenvalue weighted by atomic mass is 16.2. The highest BCUT2D eigenvalue weighted by Gasteiger charge is 2.06. The molecule has 17 heavy (non-hydrogen) atoms. The minimum Gasteiger partial charge on any atom is -0.382 e. The summed E-state index contributed by atoms with van der Waals surface area (Å²) in [6.07, 6.45) is 4.32. The van der Waals surface area contributed by atoms with Crippen LogP contribution < -0.4 is 5.32 Å². The maximum Gasteiger partial charge on any atom is 0.222 e. The van der Waals surface area contributed by atoms with E-state index in [2.05, 4.69) is 17.3 Å². The lowest BCUT2D eigenvalue weighted by Gasteiger charge is -2.10. The summed E-state index contributed by atoms with van der Waals surface area (Å²) in [5.74, 6) is 0.175. The molecule has 1 heterocycles. The Hall–Kier alpha value is -1.52. The predicted molar refractivity (Wildman–Crippen MR) is 69.0 cm³/mol. The molecule has 0 spiro atoms. The molecule has 0 atom stereocenters. The quantitative estimate of drug-likeness (QED) is 0.759. The molecule has 0 aliphatic rings. The molecule has 96 valence electrons. The third-order valence-corrected chi connectivity index (χ3v) is 2.62. The van der Waals surface area contributed by atoms with E-state index in [0.29, 0.717) is 6.42 Å². The molecule has 1 N–H and O–H groups in total. The van der Waals surface area contributed by atoms with E-state index in [-0.39, 0.29) is 5.91 Å². The van der Waals surface area contributed by atoms with Gasteiger partial charge in [-0.05, 0) is 12.8 Å². The van der Waals surface area contributed by atoms with Crippen molar-refractivity contribution in [2.75, 3.05) is 26.0 Å². The Balaban J connectivity index is 2.33. The summed E-state index contributed by atoms with van der Waals surface area (Å²) < 4.78 is 1.81. The molecule has 0 unspecified atom stereocenters. The number of amides is 1. The van der Waals surface area contributed by atoms with E-state index in [0.717, 1.165) is 30.8 Å². The predicted octanol–water partition coefficient (Wildman–Crippen LogP) is 1.26. The van der Waals surface area contributed by atoms with Crippen LogP contribution in [-0.4, -0.2) is 41.2 Å². The highest BCUT2D eigenvalue weighted by Crippen LogP contribution is 2.13. The summed E-state index contributed by atoms with van der Waals surface area (Å²) in [7, 11) is 5.48. The van der Waals surface area contributed by atoms with Gasteiger partial charge in [0.2, 0.25) is 5.91 Å². The number of carbonyl (C=O) groups is 1. The van der Waals surface area contributed by atoms with Crippen molar-refractivity contribution < 1.29 is 4.79 Å². The number of anilines is 1. The second-order valence-corrected chi connectivity index (χ2v) is 4.34. The lowest BCUT2D eigenvalue weighted by Crippen LogP contribution is -2.22. The fourth-order valence-corrected chi connectivity index (χ4v) is 1.63. The van der Waals surface area contributed by atoms with Crippen molar-refractivity contribution in [1.29, 1.82) is 0 Å². The van der Waals surface area contributed by atoms with Gasteiger partial charge in [-0.25, -0.2) is 0 Å². The number of aryl methyl sites for hydroxylation is 2. The van der Waals surface area contributed by atoms with Crippen molar-refractivity contribution in [3.63, 3.8) is 0 Å². The van der Waals surface area contributed by atoms with Gasteiger partial charge in [0.1, 0.15) is 0 Å². The van der Waals surface area contributed by atoms with Gasteiger partial charge in [0.25, 0.3) is 0 Å². The van der Waals surface area contributed by atoms with E-state index in [1.165, 1.54) is 0 Å². The normalized spacial score (nSPS) is 10.4. The molecule has 1 amide bonds. The zero-order chi connectivity index (χ0) is 12.8. The summed E-state index contributed by atoms with van der Waals surface area (Å²) in [5.41, 5.74) is 2.15. The van der Waals surface area contributed by atoms with Crippen molar-refractivity contribution >= 4 is 11.6 Å². The average Bonchev–Trinajstić information content (AvgIpc) is 2.64. The average molecular weight is 238 g/mol. The molecule has 1 aromatic rings. The second-order valence-electron chi connectivity index (χ2n) is 4.34. The van der Waals surface area contributed by atoms with Gasteiger partial charge in [0, 0.05) is 40.3 Å². The Bertz CT molecular complexity index is 371. The van der Waals surface area contributed by atoms with Crippen LogP contribution in [0.3, 0.4) is 0 Å². The molecule has 0 aliphatic carbocycles. The highest BCUT2D eigenvalue weighted by molar-refractivity contribution is 5.75. The van der Waals surface area contributed by atoms with E-state index in [4.69, 9.17) is 0 Å². The van der Waals surface area contributed by atoms with Crippen molar-refractivity contribution in [2.45, 2.75) is 26.2 Å². The smallest absolute Gasteiger partial charge is 0.222 e. The number of rotatable bonds is 6. The molecule has 1 aromatic heterocycles. The van der Waals surface area contributed by atoms with Gasteiger partial charge in [-0.2, -0.15) is 5.10 Å². The van der Waals surface area contributed by atoms with Crippen LogP contribution in [0.25, 0.3) is 0 Å². The van der Waals surface area contributed by atoms with Crippen LogP contribution in [0.5, 0.6) is 0 Å². The molecule has 0 saturated carbocycles. The lowest BCUT2D eigenvalue weighted by atomic mass is 10.2. The molecule has 0 saturated heterocycles. The second kappa shape index (κ2) is 6.27. The Morgan fingerprint density at radius 3 is 2.82 bits per heavy atom. The van der Waals surface area contributed by atoms with Crippen LogP contribution in [0.2, 0.25) is 0 Å². The SMILES string of the molecule is CCc1nn(C)cc1NCCCC(=O)N(C)C. The van der Waals surface area contributed by atoms with Gasteiger partial charge in [-0.1, -0.05) is 6.92 Å². The molecule has 0 aromatic carbocycles. The minimum atomic E-state index is 0.175. The number of nitrogens with one attached hydrogen (secondary N) is 1. The molecule has 0 aliphatic heterocycles. The third-order valence-electron chi connectivity index (χ3n) is 2.62. The van der Waals surface area contributed by atoms with Crippen LogP contribution >= 0.6 is 0 Å². The van der Waals surface area contributed by atoms with E-state index in [9.17, 15) is 4.79 Å². The van der Waals surface area contributed by atoms with Crippen LogP contribution in [0.4, 0.5) is 5.69 Å². The van der Waals surface area contributed by atoms with Gasteiger partial charge in [-0.15, -0.1) is 0 Å². The first-order chi connectivity index (χ1) is 8.04. The van der Waals surface area contributed by atoms with E-state index in [1.807, 2.05) is 17.9 Å². The van der Waals surface area contributed by atoms with Crippen molar-refractivity contribution in [2.24, 2.45) is 7.05 Å². The fourth-order valence-electron chi connectivity index (χ4n) is 1.63. The topological polar surface area (TPSA) is 50.2 Å². The molecule has 5 heteroatoms. The maximum atomic E-state index is 11.4. The van der Waals surface area contributed by atoms with Gasteiger partial charge in [-0.3, -0.25) is 9.48 Å². The van der Waals surface area contributed by atoms with Gasteiger partial charge in [0.05, 0.1) is 11.4 Å². The van der Waals surface area contributed by atoms with Gasteiger partial charge < -0.3 is 10.2 Å². The first-order valence-electron chi connectivity index (χ1n) is 6.01. The fraction of sp³-hybridized carbons (Fsp3) is 0.667. The summed E-state index contributed by atoms with van der Waals surface area (Å²) in [6.45, 7) is 2.89. The zero-order valence-electron chi connectivity index (χ0n) is 11.2. The summed E-state index contributed by atoms with van der Waals surface area (Å²) in [6, 6.07) is 0. The molecule has 0 fully saturated rings. The molecule has 5 nitrogen and oxygen atoms in total. The Kier molecular flexibility index (Phi) is 5.00. The Labute approximate surface area is 103 Å². The first kappa shape index (κ1) is 13.5. The molecule has 1 rings (SSSR count). The number of nitrogens with zero attached hydrogens (tertiary/aromatic N) is 3. The minimum absolute atomic E-state index is 0.175. The maximum absolute atomic E-state index is 11.4. The van der Waals surface area contributed by atoms with E-state index in [1.54, 1.807) is 19.0 Å². The number of hydrogen-bond donors (Lipinski definition) is 1. The Morgan fingerprint density at radius 2 is 2.24 bits per heavy atom. The van der Waals surface area contributed by atoms with Crippen LogP contribution in [0.15, 0.2) is 6.20 Å². The summed E-state index contributed by atoms with van der Waals surface area (Å²) in [4.78, 5) is 13.0. The standard InChI is InChI=1S/C12H22N4O/c1-5-10-11(9-16(4)14-10)13-8-6-7-12(17)15(2)3/h9,13H,5-8H2,1-4H3. The first-order valence-corrected chi connectivity index (χ1v) is 6.01. The molecular formula is C12H22N4O. The van der Waals surface area contributed by atoms with Crippen molar-refractivity contribution in [1.82, 2.24) is 14.7 Å². The lowest BCUT2D eigenvalue weighted by molar-refractivity contribution is -0.128. The third kappa shape index (κ3) is 4.09. The van der Waals surface area contributed by atoms with Crippen molar-refractivity contribution in [3.8, 4) is 0 Å². The van der Waals surface area contributed by atoms with Gasteiger partial charge in [0.15, 0.2) is 0 Å². The monoisotopic (exact) mass is 238 g/mol. The van der Waals surface area contributed by atoms with E-state index < -0.39 is 0 Å². The number of aromatic nitrogens is 2. The van der Waals surface area contributed by atoms with Crippen LogP contribution in [0, 0.1) is 0 Å². The molecule has 0 bridgehead atoms. The van der Waals surface area contributed by atoms with Crippen LogP contribution in [-0.2, 0) is 18.3 Å². The zero-order valence-corrected chi connectivity index (χ0v) is 11.2. The van der Waals surface area contributed by atoms with Crippen LogP contribution in [0.1, 0.15) is 25.5 Å². The van der Waals surface area contributed by atoms with Crippen molar-refractivity contribution in [3.05, 3.63) is 11.9 Å². The summed E-state index contributed by atoms with van der Waals surface area (Å²) in [5, 5.41) is 7.68. The van der Waals surface area contributed by atoms with E-state index >= 15 is 0 Å².